The number of halogens is 1. The molecule has 11 nitrogen and oxygen atoms in total. The molecule has 0 aromatic carbocycles. The predicted molar refractivity (Wildman–Crippen MR) is 126 cm³/mol. The van der Waals surface area contributed by atoms with Gasteiger partial charge in [-0.25, -0.2) is 0 Å². The molecule has 4 heterocycles. The topological polar surface area (TPSA) is 125 Å². The number of hydrogen-bond acceptors (Lipinski definition) is 6. The molecule has 2 amide bonds. The van der Waals surface area contributed by atoms with Gasteiger partial charge < -0.3 is 15.1 Å². The van der Waals surface area contributed by atoms with Crippen molar-refractivity contribution < 1.29 is 14.0 Å². The van der Waals surface area contributed by atoms with Crippen molar-refractivity contribution in [1.82, 2.24) is 29.3 Å². The van der Waals surface area contributed by atoms with Gasteiger partial charge in [0.05, 0.1) is 52.4 Å². The number of nitrogens with one attached hydrogen (secondary N) is 2. The summed E-state index contributed by atoms with van der Waals surface area (Å²) in [5.74, 6) is -0.268. The molecule has 12 heteroatoms. The van der Waals surface area contributed by atoms with E-state index in [1.807, 2.05) is 27.7 Å². The van der Waals surface area contributed by atoms with E-state index in [9.17, 15) is 9.59 Å². The molecule has 4 rings (SSSR count). The molecule has 0 unspecified atom stereocenters. The van der Waals surface area contributed by atoms with E-state index in [1.165, 1.54) is 10.9 Å². The van der Waals surface area contributed by atoms with Gasteiger partial charge >= 0.3 is 0 Å². The van der Waals surface area contributed by atoms with Crippen LogP contribution in [0.4, 0.5) is 11.4 Å². The summed E-state index contributed by atoms with van der Waals surface area (Å²) in [6.07, 6.45) is 3.01. The second-order valence-electron chi connectivity index (χ2n) is 7.81. The molecule has 0 aliphatic heterocycles. The Hall–Kier alpha value is -3.86. The van der Waals surface area contributed by atoms with Crippen molar-refractivity contribution in [2.24, 2.45) is 7.05 Å². The first-order valence-corrected chi connectivity index (χ1v) is 11.0. The summed E-state index contributed by atoms with van der Waals surface area (Å²) >= 11 is 6.20. The molecule has 0 fully saturated rings. The number of aromatic nitrogens is 6. The van der Waals surface area contributed by atoms with Crippen molar-refractivity contribution in [3.8, 4) is 0 Å². The smallest absolute Gasteiger partial charge is 0.291 e. The van der Waals surface area contributed by atoms with Crippen LogP contribution in [0.25, 0.3) is 0 Å². The number of furan rings is 1. The van der Waals surface area contributed by atoms with E-state index in [0.29, 0.717) is 29.6 Å². The average Bonchev–Trinajstić information content (AvgIpc) is 3.56. The van der Waals surface area contributed by atoms with E-state index in [-0.39, 0.29) is 17.1 Å². The summed E-state index contributed by atoms with van der Waals surface area (Å²) in [7, 11) is 1.79. The van der Waals surface area contributed by atoms with Gasteiger partial charge in [-0.15, -0.1) is 0 Å². The van der Waals surface area contributed by atoms with E-state index in [0.717, 1.165) is 17.1 Å². The highest BCUT2D eigenvalue weighted by Gasteiger charge is 2.23. The molecule has 178 valence electrons. The van der Waals surface area contributed by atoms with Gasteiger partial charge in [0, 0.05) is 13.6 Å². The van der Waals surface area contributed by atoms with Crippen LogP contribution in [0.1, 0.15) is 50.8 Å². The second kappa shape index (κ2) is 9.18. The molecule has 2 N–H and O–H groups in total. The minimum atomic E-state index is -0.500. The molecule has 0 aliphatic carbocycles. The minimum Gasteiger partial charge on any atom is -0.454 e. The SMILES string of the molecule is CCn1ncc(NC(=O)c2ccc(Cn3nc(C)c(Cl)c3C)o2)c1C(=O)Nc1cnn(C)c1C. The van der Waals surface area contributed by atoms with Crippen LogP contribution in [0, 0.1) is 20.8 Å². The number of nitrogens with zero attached hydrogens (tertiary/aromatic N) is 6. The van der Waals surface area contributed by atoms with Crippen LogP contribution in [0.5, 0.6) is 0 Å². The van der Waals surface area contributed by atoms with Crippen LogP contribution < -0.4 is 10.6 Å². The number of amides is 2. The minimum absolute atomic E-state index is 0.0985. The fourth-order valence-corrected chi connectivity index (χ4v) is 3.64. The number of carbonyl (C=O) groups excluding carboxylic acids is 2. The van der Waals surface area contributed by atoms with Crippen LogP contribution in [0.3, 0.4) is 0 Å². The quantitative estimate of drug-likeness (QED) is 0.413. The highest BCUT2D eigenvalue weighted by molar-refractivity contribution is 6.31. The fraction of sp³-hybridized carbons (Fsp3) is 0.318. The van der Waals surface area contributed by atoms with Gasteiger partial charge in [-0.3, -0.25) is 23.6 Å². The Balaban J connectivity index is 1.51. The Labute approximate surface area is 200 Å². The van der Waals surface area contributed by atoms with E-state index in [4.69, 9.17) is 16.0 Å². The Kier molecular flexibility index (Phi) is 6.29. The lowest BCUT2D eigenvalue weighted by molar-refractivity contribution is 0.0994. The summed E-state index contributed by atoms with van der Waals surface area (Å²) in [6, 6.07) is 3.27. The third-order valence-corrected chi connectivity index (χ3v) is 6.12. The largest absolute Gasteiger partial charge is 0.454 e. The summed E-state index contributed by atoms with van der Waals surface area (Å²) in [5, 5.41) is 18.9. The summed E-state index contributed by atoms with van der Waals surface area (Å²) in [5.41, 5.74) is 3.41. The van der Waals surface area contributed by atoms with Crippen molar-refractivity contribution in [2.75, 3.05) is 10.6 Å². The number of rotatable bonds is 7. The first-order chi connectivity index (χ1) is 16.2. The first kappa shape index (κ1) is 23.3. The molecule has 0 bridgehead atoms. The average molecular weight is 485 g/mol. The van der Waals surface area contributed by atoms with Gasteiger partial charge in [-0.05, 0) is 39.8 Å². The summed E-state index contributed by atoms with van der Waals surface area (Å²) in [6.45, 7) is 8.17. The van der Waals surface area contributed by atoms with E-state index < -0.39 is 11.8 Å². The first-order valence-electron chi connectivity index (χ1n) is 10.6. The second-order valence-corrected chi connectivity index (χ2v) is 8.18. The van der Waals surface area contributed by atoms with E-state index in [2.05, 4.69) is 25.9 Å². The third kappa shape index (κ3) is 4.34. The van der Waals surface area contributed by atoms with Crippen LogP contribution >= 0.6 is 11.6 Å². The van der Waals surface area contributed by atoms with Gasteiger partial charge in [-0.1, -0.05) is 11.6 Å². The zero-order chi connectivity index (χ0) is 24.6. The Morgan fingerprint density at radius 2 is 1.71 bits per heavy atom. The maximum Gasteiger partial charge on any atom is 0.291 e. The molecule has 0 saturated heterocycles. The van der Waals surface area contributed by atoms with Crippen molar-refractivity contribution in [2.45, 2.75) is 40.8 Å². The van der Waals surface area contributed by atoms with Crippen molar-refractivity contribution in [3.63, 3.8) is 0 Å². The number of carbonyl (C=O) groups is 2. The summed E-state index contributed by atoms with van der Waals surface area (Å²) < 4.78 is 10.6. The standard InChI is InChI=1S/C22H25ClN8O3/c1-6-30-20(22(33)26-16-9-24-29(5)13(16)3)17(10-25-30)27-21(32)18-8-7-15(34-18)11-31-14(4)19(23)12(2)28-31/h7-10H,6,11H2,1-5H3,(H,26,33)(H,27,32). The lowest BCUT2D eigenvalue weighted by Crippen LogP contribution is -2.21. The maximum atomic E-state index is 13.0. The number of anilines is 2. The molecule has 0 atom stereocenters. The van der Waals surface area contributed by atoms with Crippen LogP contribution in [0.15, 0.2) is 28.9 Å². The number of hydrogen-bond donors (Lipinski definition) is 2. The van der Waals surface area contributed by atoms with Crippen molar-refractivity contribution >= 4 is 34.8 Å². The molecule has 4 aromatic rings. The fourth-order valence-electron chi connectivity index (χ4n) is 3.50. The zero-order valence-corrected chi connectivity index (χ0v) is 20.3. The van der Waals surface area contributed by atoms with E-state index >= 15 is 0 Å². The van der Waals surface area contributed by atoms with Gasteiger partial charge in [0.15, 0.2) is 5.76 Å². The highest BCUT2D eigenvalue weighted by Crippen LogP contribution is 2.22. The molecule has 0 aliphatic rings. The molecule has 0 spiro atoms. The molecule has 0 saturated carbocycles. The molecule has 34 heavy (non-hydrogen) atoms. The lowest BCUT2D eigenvalue weighted by atomic mass is 10.3. The molecule has 0 radical (unpaired) electrons. The number of aryl methyl sites for hydroxylation is 3. The predicted octanol–water partition coefficient (Wildman–Crippen LogP) is 3.56. The third-order valence-electron chi connectivity index (χ3n) is 5.57. The van der Waals surface area contributed by atoms with Gasteiger partial charge in [-0.2, -0.15) is 15.3 Å². The van der Waals surface area contributed by atoms with Gasteiger partial charge in [0.1, 0.15) is 11.5 Å². The van der Waals surface area contributed by atoms with Gasteiger partial charge in [0.25, 0.3) is 11.8 Å². The van der Waals surface area contributed by atoms with Crippen molar-refractivity contribution in [3.05, 3.63) is 63.8 Å². The normalized spacial score (nSPS) is 11.1. The summed E-state index contributed by atoms with van der Waals surface area (Å²) in [4.78, 5) is 25.9. The van der Waals surface area contributed by atoms with E-state index in [1.54, 1.807) is 34.7 Å². The highest BCUT2D eigenvalue weighted by atomic mass is 35.5. The van der Waals surface area contributed by atoms with Crippen molar-refractivity contribution in [1.29, 1.82) is 0 Å². The van der Waals surface area contributed by atoms with Crippen LogP contribution in [0.2, 0.25) is 5.02 Å². The monoisotopic (exact) mass is 484 g/mol. The van der Waals surface area contributed by atoms with Crippen LogP contribution in [-0.4, -0.2) is 41.2 Å². The Morgan fingerprint density at radius 1 is 1.00 bits per heavy atom. The molecular formula is C22H25ClN8O3. The molecule has 4 aromatic heterocycles. The maximum absolute atomic E-state index is 13.0. The van der Waals surface area contributed by atoms with Crippen LogP contribution in [-0.2, 0) is 20.1 Å². The Morgan fingerprint density at radius 3 is 2.32 bits per heavy atom. The zero-order valence-electron chi connectivity index (χ0n) is 19.5. The lowest BCUT2D eigenvalue weighted by Gasteiger charge is -2.09. The Bertz CT molecular complexity index is 1380. The molecular weight excluding hydrogens is 460 g/mol. The van der Waals surface area contributed by atoms with Gasteiger partial charge in [0.2, 0.25) is 0 Å².